The fourth-order valence-electron chi connectivity index (χ4n) is 1.86. The van der Waals surface area contributed by atoms with Gasteiger partial charge in [-0.1, -0.05) is 31.5 Å². The van der Waals surface area contributed by atoms with E-state index in [1.807, 2.05) is 24.4 Å². The predicted octanol–water partition coefficient (Wildman–Crippen LogP) is 3.14. The average Bonchev–Trinajstić information content (AvgIpc) is 2.69. The molecule has 1 amide bonds. The van der Waals surface area contributed by atoms with Crippen LogP contribution in [0.1, 0.15) is 19.4 Å². The van der Waals surface area contributed by atoms with Crippen LogP contribution < -0.4 is 5.32 Å². The van der Waals surface area contributed by atoms with Crippen molar-refractivity contribution in [1.82, 2.24) is 10.3 Å². The van der Waals surface area contributed by atoms with Gasteiger partial charge in [0.05, 0.1) is 6.42 Å². The Morgan fingerprint density at radius 2 is 2.22 bits per heavy atom. The Morgan fingerprint density at radius 1 is 1.44 bits per heavy atom. The van der Waals surface area contributed by atoms with Crippen LogP contribution in [0.2, 0.25) is 5.02 Å². The molecule has 2 aromatic rings. The third-order valence-corrected chi connectivity index (χ3v) is 3.02. The maximum absolute atomic E-state index is 11.8. The highest BCUT2D eigenvalue weighted by Crippen LogP contribution is 2.22. The molecule has 0 atom stereocenters. The number of hydrogen-bond donors (Lipinski definition) is 2. The summed E-state index contributed by atoms with van der Waals surface area (Å²) in [5.41, 5.74) is 1.97. The Hall–Kier alpha value is -1.48. The molecule has 0 unspecified atom stereocenters. The summed E-state index contributed by atoms with van der Waals surface area (Å²) in [5, 5.41) is 4.67. The van der Waals surface area contributed by atoms with Gasteiger partial charge in [-0.3, -0.25) is 4.79 Å². The monoisotopic (exact) mass is 264 g/mol. The van der Waals surface area contributed by atoms with E-state index in [0.29, 0.717) is 23.9 Å². The second kappa shape index (κ2) is 5.44. The second-order valence-corrected chi connectivity index (χ2v) is 5.31. The highest BCUT2D eigenvalue weighted by atomic mass is 35.5. The summed E-state index contributed by atoms with van der Waals surface area (Å²) in [6.07, 6.45) is 2.27. The first-order valence-corrected chi connectivity index (χ1v) is 6.46. The van der Waals surface area contributed by atoms with Gasteiger partial charge in [0.1, 0.15) is 0 Å². The SMILES string of the molecule is CC(C)CNC(=O)Cc1c[nH]c2cc(Cl)ccc12. The van der Waals surface area contributed by atoms with Crippen LogP contribution in [0.3, 0.4) is 0 Å². The normalized spacial score (nSPS) is 11.1. The molecule has 18 heavy (non-hydrogen) atoms. The van der Waals surface area contributed by atoms with Crippen molar-refractivity contribution in [1.29, 1.82) is 0 Å². The van der Waals surface area contributed by atoms with E-state index in [2.05, 4.69) is 24.1 Å². The van der Waals surface area contributed by atoms with Crippen molar-refractivity contribution < 1.29 is 4.79 Å². The molecule has 0 saturated heterocycles. The molecule has 0 radical (unpaired) electrons. The van der Waals surface area contributed by atoms with Gasteiger partial charge in [-0.2, -0.15) is 0 Å². The van der Waals surface area contributed by atoms with E-state index in [1.165, 1.54) is 0 Å². The smallest absolute Gasteiger partial charge is 0.224 e. The molecule has 0 aliphatic heterocycles. The number of hydrogen-bond acceptors (Lipinski definition) is 1. The molecular weight excluding hydrogens is 248 g/mol. The standard InChI is InChI=1S/C14H17ClN2O/c1-9(2)7-17-14(18)5-10-8-16-13-6-11(15)3-4-12(10)13/h3-4,6,8-9,16H,5,7H2,1-2H3,(H,17,18). The van der Waals surface area contributed by atoms with Crippen molar-refractivity contribution in [2.24, 2.45) is 5.92 Å². The molecule has 0 saturated carbocycles. The molecule has 4 heteroatoms. The molecule has 3 nitrogen and oxygen atoms in total. The summed E-state index contributed by atoms with van der Waals surface area (Å²) >= 11 is 5.92. The van der Waals surface area contributed by atoms with E-state index >= 15 is 0 Å². The molecule has 0 spiro atoms. The molecular formula is C14H17ClN2O. The maximum Gasteiger partial charge on any atom is 0.224 e. The van der Waals surface area contributed by atoms with Crippen LogP contribution in [-0.4, -0.2) is 17.4 Å². The van der Waals surface area contributed by atoms with E-state index < -0.39 is 0 Å². The molecule has 0 bridgehead atoms. The molecule has 96 valence electrons. The minimum atomic E-state index is 0.0551. The first kappa shape index (κ1) is 13.0. The lowest BCUT2D eigenvalue weighted by Crippen LogP contribution is -2.28. The van der Waals surface area contributed by atoms with Crippen molar-refractivity contribution in [3.63, 3.8) is 0 Å². The topological polar surface area (TPSA) is 44.9 Å². The lowest BCUT2D eigenvalue weighted by atomic mass is 10.1. The van der Waals surface area contributed by atoms with E-state index in [-0.39, 0.29) is 5.91 Å². The third-order valence-electron chi connectivity index (χ3n) is 2.79. The molecule has 2 rings (SSSR count). The summed E-state index contributed by atoms with van der Waals surface area (Å²) in [4.78, 5) is 14.9. The zero-order valence-corrected chi connectivity index (χ0v) is 11.3. The van der Waals surface area contributed by atoms with E-state index in [0.717, 1.165) is 16.5 Å². The Bertz CT molecular complexity index is 560. The molecule has 0 aliphatic rings. The van der Waals surface area contributed by atoms with Gasteiger partial charge in [0.15, 0.2) is 0 Å². The number of carbonyl (C=O) groups is 1. The van der Waals surface area contributed by atoms with Gasteiger partial charge in [-0.05, 0) is 23.6 Å². The van der Waals surface area contributed by atoms with Gasteiger partial charge >= 0.3 is 0 Å². The first-order valence-electron chi connectivity index (χ1n) is 6.08. The van der Waals surface area contributed by atoms with E-state index in [4.69, 9.17) is 11.6 Å². The molecule has 1 aromatic carbocycles. The van der Waals surface area contributed by atoms with Gasteiger partial charge in [0, 0.05) is 28.7 Å². The van der Waals surface area contributed by atoms with Crippen LogP contribution in [-0.2, 0) is 11.2 Å². The van der Waals surface area contributed by atoms with Gasteiger partial charge < -0.3 is 10.3 Å². The molecule has 0 fully saturated rings. The minimum Gasteiger partial charge on any atom is -0.361 e. The van der Waals surface area contributed by atoms with Crippen molar-refractivity contribution in [2.45, 2.75) is 20.3 Å². The highest BCUT2D eigenvalue weighted by molar-refractivity contribution is 6.31. The predicted molar refractivity (Wildman–Crippen MR) is 74.9 cm³/mol. The van der Waals surface area contributed by atoms with Gasteiger partial charge in [0.2, 0.25) is 5.91 Å². The molecule has 1 aromatic heterocycles. The first-order chi connectivity index (χ1) is 8.56. The zero-order valence-electron chi connectivity index (χ0n) is 10.6. The zero-order chi connectivity index (χ0) is 13.1. The summed E-state index contributed by atoms with van der Waals surface area (Å²) < 4.78 is 0. The van der Waals surface area contributed by atoms with Crippen molar-refractivity contribution in [3.05, 3.63) is 35.0 Å². The van der Waals surface area contributed by atoms with Gasteiger partial charge in [-0.25, -0.2) is 0 Å². The minimum absolute atomic E-state index is 0.0551. The maximum atomic E-state index is 11.8. The quantitative estimate of drug-likeness (QED) is 0.876. The number of amides is 1. The summed E-state index contributed by atoms with van der Waals surface area (Å²) in [6, 6.07) is 5.65. The number of carbonyl (C=O) groups excluding carboxylic acids is 1. The van der Waals surface area contributed by atoms with Crippen LogP contribution in [0.4, 0.5) is 0 Å². The summed E-state index contributed by atoms with van der Waals surface area (Å²) in [5.74, 6) is 0.523. The number of H-pyrrole nitrogens is 1. The lowest BCUT2D eigenvalue weighted by Gasteiger charge is -2.06. The second-order valence-electron chi connectivity index (χ2n) is 4.88. The fraction of sp³-hybridized carbons (Fsp3) is 0.357. The number of nitrogens with one attached hydrogen (secondary N) is 2. The van der Waals surface area contributed by atoms with Crippen LogP contribution in [0.5, 0.6) is 0 Å². The average molecular weight is 265 g/mol. The van der Waals surface area contributed by atoms with Crippen molar-refractivity contribution in [3.8, 4) is 0 Å². The highest BCUT2D eigenvalue weighted by Gasteiger charge is 2.09. The Kier molecular flexibility index (Phi) is 3.92. The molecule has 0 aliphatic carbocycles. The Morgan fingerprint density at radius 3 is 2.94 bits per heavy atom. The Labute approximate surface area is 112 Å². The number of aromatic nitrogens is 1. The lowest BCUT2D eigenvalue weighted by molar-refractivity contribution is -0.120. The van der Waals surface area contributed by atoms with Gasteiger partial charge in [0.25, 0.3) is 0 Å². The number of fused-ring (bicyclic) bond motifs is 1. The van der Waals surface area contributed by atoms with Crippen molar-refractivity contribution in [2.75, 3.05) is 6.54 Å². The van der Waals surface area contributed by atoms with E-state index in [1.54, 1.807) is 0 Å². The van der Waals surface area contributed by atoms with Gasteiger partial charge in [-0.15, -0.1) is 0 Å². The van der Waals surface area contributed by atoms with Crippen LogP contribution in [0, 0.1) is 5.92 Å². The molecule has 2 N–H and O–H groups in total. The van der Waals surface area contributed by atoms with Crippen LogP contribution >= 0.6 is 11.6 Å². The Balaban J connectivity index is 2.10. The number of halogens is 1. The third kappa shape index (κ3) is 3.05. The molecule has 1 heterocycles. The van der Waals surface area contributed by atoms with Crippen LogP contribution in [0.25, 0.3) is 10.9 Å². The van der Waals surface area contributed by atoms with Crippen molar-refractivity contribution >= 4 is 28.4 Å². The summed E-state index contributed by atoms with van der Waals surface area (Å²) in [7, 11) is 0. The number of aromatic amines is 1. The van der Waals surface area contributed by atoms with Crippen LogP contribution in [0.15, 0.2) is 24.4 Å². The summed E-state index contributed by atoms with van der Waals surface area (Å²) in [6.45, 7) is 4.87. The fourth-order valence-corrected chi connectivity index (χ4v) is 2.03. The van der Waals surface area contributed by atoms with E-state index in [9.17, 15) is 4.79 Å². The number of benzene rings is 1. The number of rotatable bonds is 4. The largest absolute Gasteiger partial charge is 0.361 e.